The Labute approximate surface area is 161 Å². The van der Waals surface area contributed by atoms with Gasteiger partial charge in [0, 0.05) is 11.3 Å². The highest BCUT2D eigenvalue weighted by Crippen LogP contribution is 2.29. The first kappa shape index (κ1) is 18.7. The molecular weight excluding hydrogens is 334 g/mol. The van der Waals surface area contributed by atoms with Crippen molar-refractivity contribution >= 4 is 11.6 Å². The van der Waals surface area contributed by atoms with Crippen LogP contribution in [0.4, 0.5) is 5.69 Å². The van der Waals surface area contributed by atoms with Gasteiger partial charge in [0.2, 0.25) is 0 Å². The lowest BCUT2D eigenvalue weighted by molar-refractivity contribution is -0.118. The molecule has 0 aromatic heterocycles. The Morgan fingerprint density at radius 1 is 0.852 bits per heavy atom. The van der Waals surface area contributed by atoms with Crippen molar-refractivity contribution in [2.75, 3.05) is 11.9 Å². The van der Waals surface area contributed by atoms with E-state index >= 15 is 0 Å². The van der Waals surface area contributed by atoms with Crippen LogP contribution in [-0.4, -0.2) is 12.5 Å². The van der Waals surface area contributed by atoms with Crippen LogP contribution >= 0.6 is 0 Å². The number of amides is 1. The molecule has 3 aromatic rings. The van der Waals surface area contributed by atoms with Crippen molar-refractivity contribution in [3.05, 3.63) is 84.4 Å². The molecule has 0 spiro atoms. The van der Waals surface area contributed by atoms with Gasteiger partial charge < -0.3 is 10.1 Å². The van der Waals surface area contributed by atoms with Crippen molar-refractivity contribution in [1.29, 1.82) is 0 Å². The van der Waals surface area contributed by atoms with E-state index in [1.54, 1.807) is 0 Å². The SMILES string of the molecule is CC(C)(C)c1ccc(NC(=O)COc2ccccc2-c2ccccc2)cc1. The Hall–Kier alpha value is -3.07. The predicted octanol–water partition coefficient (Wildman–Crippen LogP) is 5.67. The predicted molar refractivity (Wildman–Crippen MR) is 111 cm³/mol. The number of nitrogens with one attached hydrogen (secondary N) is 1. The molecule has 0 unspecified atom stereocenters. The number of carbonyl (C=O) groups excluding carboxylic acids is 1. The van der Waals surface area contributed by atoms with E-state index in [1.807, 2.05) is 78.9 Å². The number of anilines is 1. The topological polar surface area (TPSA) is 38.3 Å². The second-order valence-electron chi connectivity index (χ2n) is 7.53. The van der Waals surface area contributed by atoms with Crippen molar-refractivity contribution in [3.8, 4) is 16.9 Å². The fraction of sp³-hybridized carbons (Fsp3) is 0.208. The smallest absolute Gasteiger partial charge is 0.262 e. The second kappa shape index (κ2) is 8.09. The zero-order chi connectivity index (χ0) is 19.3. The molecule has 0 radical (unpaired) electrons. The zero-order valence-corrected chi connectivity index (χ0v) is 16.0. The van der Waals surface area contributed by atoms with E-state index in [0.29, 0.717) is 5.75 Å². The van der Waals surface area contributed by atoms with Gasteiger partial charge in [-0.3, -0.25) is 4.79 Å². The Kier molecular flexibility index (Phi) is 5.60. The van der Waals surface area contributed by atoms with Crippen LogP contribution in [0.3, 0.4) is 0 Å². The summed E-state index contributed by atoms with van der Waals surface area (Å²) in [5, 5.41) is 2.89. The monoisotopic (exact) mass is 359 g/mol. The maximum absolute atomic E-state index is 12.3. The summed E-state index contributed by atoms with van der Waals surface area (Å²) in [5.41, 5.74) is 4.13. The molecule has 0 saturated carbocycles. The van der Waals surface area contributed by atoms with Crippen LogP contribution in [0.1, 0.15) is 26.3 Å². The first-order chi connectivity index (χ1) is 12.9. The van der Waals surface area contributed by atoms with Gasteiger partial charge in [0.05, 0.1) is 0 Å². The Morgan fingerprint density at radius 2 is 1.48 bits per heavy atom. The van der Waals surface area contributed by atoms with E-state index in [9.17, 15) is 4.79 Å². The lowest BCUT2D eigenvalue weighted by Gasteiger charge is -2.19. The molecule has 0 saturated heterocycles. The first-order valence-electron chi connectivity index (χ1n) is 9.11. The third-order valence-corrected chi connectivity index (χ3v) is 4.37. The quantitative estimate of drug-likeness (QED) is 0.637. The summed E-state index contributed by atoms with van der Waals surface area (Å²) in [6.07, 6.45) is 0. The lowest BCUT2D eigenvalue weighted by Crippen LogP contribution is -2.20. The third kappa shape index (κ3) is 4.98. The molecule has 0 heterocycles. The van der Waals surface area contributed by atoms with Crippen LogP contribution in [0.15, 0.2) is 78.9 Å². The van der Waals surface area contributed by atoms with Gasteiger partial charge in [-0.2, -0.15) is 0 Å². The first-order valence-corrected chi connectivity index (χ1v) is 9.11. The molecule has 27 heavy (non-hydrogen) atoms. The van der Waals surface area contributed by atoms with Crippen LogP contribution in [0.2, 0.25) is 0 Å². The maximum Gasteiger partial charge on any atom is 0.262 e. The van der Waals surface area contributed by atoms with Crippen molar-refractivity contribution in [2.45, 2.75) is 26.2 Å². The highest BCUT2D eigenvalue weighted by molar-refractivity contribution is 5.92. The number of hydrogen-bond donors (Lipinski definition) is 1. The normalized spacial score (nSPS) is 11.1. The highest BCUT2D eigenvalue weighted by atomic mass is 16.5. The highest BCUT2D eigenvalue weighted by Gasteiger charge is 2.13. The van der Waals surface area contributed by atoms with E-state index in [1.165, 1.54) is 5.56 Å². The Bertz CT molecular complexity index is 894. The molecule has 0 aliphatic carbocycles. The van der Waals surface area contributed by atoms with Gasteiger partial charge in [-0.05, 0) is 34.7 Å². The molecule has 3 heteroatoms. The molecule has 0 bridgehead atoms. The molecule has 3 rings (SSSR count). The summed E-state index contributed by atoms with van der Waals surface area (Å²) in [6, 6.07) is 25.7. The van der Waals surface area contributed by atoms with Gasteiger partial charge in [-0.1, -0.05) is 81.4 Å². The van der Waals surface area contributed by atoms with E-state index in [4.69, 9.17) is 4.74 Å². The van der Waals surface area contributed by atoms with Gasteiger partial charge in [0.25, 0.3) is 5.91 Å². The summed E-state index contributed by atoms with van der Waals surface area (Å²) in [4.78, 5) is 12.3. The van der Waals surface area contributed by atoms with Crippen LogP contribution in [-0.2, 0) is 10.2 Å². The molecule has 3 aromatic carbocycles. The van der Waals surface area contributed by atoms with Crippen LogP contribution in [0.25, 0.3) is 11.1 Å². The van der Waals surface area contributed by atoms with Gasteiger partial charge >= 0.3 is 0 Å². The molecule has 0 aliphatic heterocycles. The summed E-state index contributed by atoms with van der Waals surface area (Å²) >= 11 is 0. The fourth-order valence-electron chi connectivity index (χ4n) is 2.84. The summed E-state index contributed by atoms with van der Waals surface area (Å²) in [6.45, 7) is 6.46. The van der Waals surface area contributed by atoms with Crippen molar-refractivity contribution in [1.82, 2.24) is 0 Å². The molecule has 3 nitrogen and oxygen atoms in total. The third-order valence-electron chi connectivity index (χ3n) is 4.37. The van der Waals surface area contributed by atoms with Crippen molar-refractivity contribution in [2.24, 2.45) is 0 Å². The number of carbonyl (C=O) groups is 1. The van der Waals surface area contributed by atoms with E-state index in [-0.39, 0.29) is 17.9 Å². The number of ether oxygens (including phenoxy) is 1. The molecule has 1 amide bonds. The van der Waals surface area contributed by atoms with Gasteiger partial charge in [-0.15, -0.1) is 0 Å². The van der Waals surface area contributed by atoms with E-state index < -0.39 is 0 Å². The minimum Gasteiger partial charge on any atom is -0.483 e. The van der Waals surface area contributed by atoms with E-state index in [0.717, 1.165) is 16.8 Å². The van der Waals surface area contributed by atoms with Gasteiger partial charge in [0.1, 0.15) is 5.75 Å². The number of rotatable bonds is 5. The van der Waals surface area contributed by atoms with Crippen LogP contribution < -0.4 is 10.1 Å². The molecule has 138 valence electrons. The Balaban J connectivity index is 1.63. The average molecular weight is 359 g/mol. The lowest BCUT2D eigenvalue weighted by atomic mass is 9.87. The number of hydrogen-bond acceptors (Lipinski definition) is 2. The van der Waals surface area contributed by atoms with Crippen LogP contribution in [0, 0.1) is 0 Å². The van der Waals surface area contributed by atoms with Crippen LogP contribution in [0.5, 0.6) is 5.75 Å². The summed E-state index contributed by atoms with van der Waals surface area (Å²) < 4.78 is 5.79. The zero-order valence-electron chi connectivity index (χ0n) is 16.0. The van der Waals surface area contributed by atoms with Crippen molar-refractivity contribution < 1.29 is 9.53 Å². The average Bonchev–Trinajstić information content (AvgIpc) is 2.67. The van der Waals surface area contributed by atoms with Gasteiger partial charge in [-0.25, -0.2) is 0 Å². The molecule has 0 atom stereocenters. The fourth-order valence-corrected chi connectivity index (χ4v) is 2.84. The standard InChI is InChI=1S/C24H25NO2/c1-24(2,3)19-13-15-20(16-14-19)25-23(26)17-27-22-12-8-7-11-21(22)18-9-5-4-6-10-18/h4-16H,17H2,1-3H3,(H,25,26). The largest absolute Gasteiger partial charge is 0.483 e. The molecule has 1 N–H and O–H groups in total. The number of benzene rings is 3. The second-order valence-corrected chi connectivity index (χ2v) is 7.53. The summed E-state index contributed by atoms with van der Waals surface area (Å²) in [5.74, 6) is 0.517. The van der Waals surface area contributed by atoms with E-state index in [2.05, 4.69) is 26.1 Å². The Morgan fingerprint density at radius 3 is 2.15 bits per heavy atom. The summed E-state index contributed by atoms with van der Waals surface area (Å²) in [7, 11) is 0. The minimum absolute atomic E-state index is 0.0368. The molecular formula is C24H25NO2. The number of para-hydroxylation sites is 1. The van der Waals surface area contributed by atoms with Gasteiger partial charge in [0.15, 0.2) is 6.61 Å². The molecule has 0 aliphatic rings. The maximum atomic E-state index is 12.3. The minimum atomic E-state index is -0.179. The van der Waals surface area contributed by atoms with Crippen molar-refractivity contribution in [3.63, 3.8) is 0 Å². The molecule has 0 fully saturated rings.